The van der Waals surface area contributed by atoms with E-state index in [-0.39, 0.29) is 0 Å². The Labute approximate surface area is 74.1 Å². The lowest BCUT2D eigenvalue weighted by molar-refractivity contribution is 0.736. The number of hydrogen-bond acceptors (Lipinski definition) is 2. The molecule has 0 atom stereocenters. The molecule has 0 saturated heterocycles. The second-order valence-electron chi connectivity index (χ2n) is 3.25. The molecule has 1 rings (SSSR count). The van der Waals surface area contributed by atoms with Gasteiger partial charge in [0.15, 0.2) is 0 Å². The van der Waals surface area contributed by atoms with Gasteiger partial charge in [-0.15, -0.1) is 0 Å². The average molecular weight is 164 g/mol. The minimum absolute atomic E-state index is 0.498. The molecular formula is C10H16N2. The average Bonchev–Trinajstić information content (AvgIpc) is 2.03. The largest absolute Gasteiger partial charge is 0.347 e. The molecule has 0 aromatic carbocycles. The van der Waals surface area contributed by atoms with E-state index in [2.05, 4.69) is 37.7 Å². The SMILES string of the molecule is C=C1NC=NC(CC)=C1C(C)C. The summed E-state index contributed by atoms with van der Waals surface area (Å²) in [5.74, 6) is 0.498. The number of rotatable bonds is 2. The van der Waals surface area contributed by atoms with E-state index in [1.165, 1.54) is 5.57 Å². The Balaban J connectivity index is 3.04. The molecule has 1 N–H and O–H groups in total. The molecule has 0 saturated carbocycles. The van der Waals surface area contributed by atoms with Crippen molar-refractivity contribution in [1.82, 2.24) is 5.32 Å². The van der Waals surface area contributed by atoms with Gasteiger partial charge < -0.3 is 5.32 Å². The summed E-state index contributed by atoms with van der Waals surface area (Å²) in [4.78, 5) is 4.28. The Morgan fingerprint density at radius 1 is 1.58 bits per heavy atom. The van der Waals surface area contributed by atoms with Gasteiger partial charge in [-0.3, -0.25) is 0 Å². The van der Waals surface area contributed by atoms with Crippen molar-refractivity contribution >= 4 is 6.34 Å². The van der Waals surface area contributed by atoms with Crippen molar-refractivity contribution in [3.05, 3.63) is 23.5 Å². The van der Waals surface area contributed by atoms with Crippen molar-refractivity contribution < 1.29 is 0 Å². The summed E-state index contributed by atoms with van der Waals surface area (Å²) in [6.45, 7) is 10.4. The van der Waals surface area contributed by atoms with E-state index in [0.29, 0.717) is 5.92 Å². The van der Waals surface area contributed by atoms with Crippen LogP contribution in [0.4, 0.5) is 0 Å². The summed E-state index contributed by atoms with van der Waals surface area (Å²) in [6.07, 6.45) is 2.69. The van der Waals surface area contributed by atoms with Crippen molar-refractivity contribution in [1.29, 1.82) is 0 Å². The van der Waals surface area contributed by atoms with E-state index in [1.807, 2.05) is 0 Å². The number of nitrogens with zero attached hydrogens (tertiary/aromatic N) is 1. The van der Waals surface area contributed by atoms with Gasteiger partial charge in [-0.2, -0.15) is 0 Å². The van der Waals surface area contributed by atoms with Gasteiger partial charge in [0.2, 0.25) is 0 Å². The van der Waals surface area contributed by atoms with Crippen LogP contribution in [0, 0.1) is 5.92 Å². The van der Waals surface area contributed by atoms with Gasteiger partial charge in [-0.05, 0) is 17.9 Å². The molecule has 0 bridgehead atoms. The van der Waals surface area contributed by atoms with Gasteiger partial charge in [0, 0.05) is 11.4 Å². The third kappa shape index (κ3) is 1.58. The Morgan fingerprint density at radius 2 is 2.25 bits per heavy atom. The lowest BCUT2D eigenvalue weighted by Crippen LogP contribution is -2.19. The predicted molar refractivity (Wildman–Crippen MR) is 52.9 cm³/mol. The highest BCUT2D eigenvalue weighted by atomic mass is 15.0. The quantitative estimate of drug-likeness (QED) is 0.666. The summed E-state index contributed by atoms with van der Waals surface area (Å²) < 4.78 is 0. The molecule has 2 nitrogen and oxygen atoms in total. The highest BCUT2D eigenvalue weighted by molar-refractivity contribution is 5.65. The summed E-state index contributed by atoms with van der Waals surface area (Å²) in [6, 6.07) is 0. The molecular weight excluding hydrogens is 148 g/mol. The lowest BCUT2D eigenvalue weighted by atomic mass is 9.96. The molecule has 1 heterocycles. The molecule has 0 amide bonds. The number of hydrogen-bond donors (Lipinski definition) is 1. The first-order chi connectivity index (χ1) is 5.66. The number of aliphatic imine (C=N–C) groups is 1. The van der Waals surface area contributed by atoms with Crippen molar-refractivity contribution in [2.75, 3.05) is 0 Å². The Hall–Kier alpha value is -1.05. The molecule has 0 radical (unpaired) electrons. The lowest BCUT2D eigenvalue weighted by Gasteiger charge is -2.20. The van der Waals surface area contributed by atoms with Crippen LogP contribution in [0.15, 0.2) is 28.5 Å². The zero-order valence-corrected chi connectivity index (χ0v) is 8.02. The molecule has 66 valence electrons. The smallest absolute Gasteiger partial charge is 0.0926 e. The molecule has 0 aromatic rings. The van der Waals surface area contributed by atoms with Crippen molar-refractivity contribution in [2.45, 2.75) is 27.2 Å². The maximum atomic E-state index is 4.28. The summed E-state index contributed by atoms with van der Waals surface area (Å²) in [5.41, 5.74) is 3.42. The van der Waals surface area contributed by atoms with Crippen LogP contribution in [0.1, 0.15) is 27.2 Å². The summed E-state index contributed by atoms with van der Waals surface area (Å²) >= 11 is 0. The Bertz CT molecular complexity index is 247. The second-order valence-corrected chi connectivity index (χ2v) is 3.25. The second kappa shape index (κ2) is 3.57. The van der Waals surface area contributed by atoms with Crippen LogP contribution in [0.5, 0.6) is 0 Å². The van der Waals surface area contributed by atoms with E-state index in [4.69, 9.17) is 0 Å². The van der Waals surface area contributed by atoms with E-state index in [9.17, 15) is 0 Å². The van der Waals surface area contributed by atoms with Gasteiger partial charge >= 0.3 is 0 Å². The van der Waals surface area contributed by atoms with Gasteiger partial charge in [0.25, 0.3) is 0 Å². The number of nitrogens with one attached hydrogen (secondary N) is 1. The number of allylic oxidation sites excluding steroid dienone is 2. The highest BCUT2D eigenvalue weighted by Gasteiger charge is 2.14. The fourth-order valence-corrected chi connectivity index (χ4v) is 1.47. The molecule has 0 fully saturated rings. The van der Waals surface area contributed by atoms with Gasteiger partial charge in [0.1, 0.15) is 0 Å². The van der Waals surface area contributed by atoms with E-state index in [1.54, 1.807) is 6.34 Å². The monoisotopic (exact) mass is 164 g/mol. The topological polar surface area (TPSA) is 24.4 Å². The molecule has 0 aromatic heterocycles. The van der Waals surface area contributed by atoms with Crippen LogP contribution < -0.4 is 5.32 Å². The summed E-state index contributed by atoms with van der Waals surface area (Å²) in [7, 11) is 0. The van der Waals surface area contributed by atoms with Gasteiger partial charge in [-0.25, -0.2) is 4.99 Å². The van der Waals surface area contributed by atoms with Crippen LogP contribution >= 0.6 is 0 Å². The maximum absolute atomic E-state index is 4.28. The maximum Gasteiger partial charge on any atom is 0.0926 e. The summed E-state index contributed by atoms with van der Waals surface area (Å²) in [5, 5.41) is 3.03. The third-order valence-corrected chi connectivity index (χ3v) is 2.01. The van der Waals surface area contributed by atoms with Gasteiger partial charge in [-0.1, -0.05) is 27.4 Å². The normalized spacial score (nSPS) is 17.2. The first-order valence-electron chi connectivity index (χ1n) is 4.38. The van der Waals surface area contributed by atoms with E-state index in [0.717, 1.165) is 17.8 Å². The Kier molecular flexibility index (Phi) is 2.69. The minimum Gasteiger partial charge on any atom is -0.347 e. The fraction of sp³-hybridized carbons (Fsp3) is 0.500. The molecule has 1 aliphatic heterocycles. The van der Waals surface area contributed by atoms with Crippen molar-refractivity contribution in [3.63, 3.8) is 0 Å². The van der Waals surface area contributed by atoms with Gasteiger partial charge in [0.05, 0.1) is 6.34 Å². The van der Waals surface area contributed by atoms with Crippen LogP contribution in [-0.2, 0) is 0 Å². The van der Waals surface area contributed by atoms with E-state index < -0.39 is 0 Å². The molecule has 1 aliphatic rings. The van der Waals surface area contributed by atoms with Crippen molar-refractivity contribution in [2.24, 2.45) is 10.9 Å². The first kappa shape index (κ1) is 9.04. The zero-order valence-electron chi connectivity index (χ0n) is 8.02. The predicted octanol–water partition coefficient (Wildman–Crippen LogP) is 2.45. The molecule has 12 heavy (non-hydrogen) atoms. The third-order valence-electron chi connectivity index (χ3n) is 2.01. The molecule has 2 heteroatoms. The van der Waals surface area contributed by atoms with Crippen LogP contribution in [-0.4, -0.2) is 6.34 Å². The van der Waals surface area contributed by atoms with Crippen LogP contribution in [0.3, 0.4) is 0 Å². The molecule has 0 spiro atoms. The minimum atomic E-state index is 0.498. The first-order valence-corrected chi connectivity index (χ1v) is 4.38. The molecule has 0 aliphatic carbocycles. The standard InChI is InChI=1S/C10H16N2/c1-5-9-10(7(2)3)8(4)11-6-12-9/h6-7H,4-5H2,1-3H3,(H,11,12). The highest BCUT2D eigenvalue weighted by Crippen LogP contribution is 2.25. The van der Waals surface area contributed by atoms with Crippen LogP contribution in [0.25, 0.3) is 0 Å². The fourth-order valence-electron chi connectivity index (χ4n) is 1.47. The zero-order chi connectivity index (χ0) is 9.14. The van der Waals surface area contributed by atoms with Crippen molar-refractivity contribution in [3.8, 4) is 0 Å². The molecule has 0 unspecified atom stereocenters. The van der Waals surface area contributed by atoms with E-state index >= 15 is 0 Å². The Morgan fingerprint density at radius 3 is 2.67 bits per heavy atom. The van der Waals surface area contributed by atoms with Crippen LogP contribution in [0.2, 0.25) is 0 Å².